The highest BCUT2D eigenvalue weighted by Crippen LogP contribution is 2.16. The smallest absolute Gasteiger partial charge is 0.215 e. The molecule has 15 heavy (non-hydrogen) atoms. The van der Waals surface area contributed by atoms with Gasteiger partial charge in [-0.1, -0.05) is 0 Å². The van der Waals surface area contributed by atoms with Gasteiger partial charge in [0.25, 0.3) is 0 Å². The molecule has 0 saturated carbocycles. The Balaban J connectivity index is 2.64. The van der Waals surface area contributed by atoms with E-state index in [0.29, 0.717) is 5.88 Å². The second-order valence-corrected chi connectivity index (χ2v) is 3.23. The van der Waals surface area contributed by atoms with Crippen LogP contribution < -0.4 is 10.1 Å². The maximum absolute atomic E-state index is 9.10. The first kappa shape index (κ1) is 11.7. The summed E-state index contributed by atoms with van der Waals surface area (Å²) in [6.45, 7) is 1.58. The number of hydrogen-bond donors (Lipinski definition) is 3. The number of ether oxygens (including phenoxy) is 1. The number of pyridine rings is 1. The molecule has 84 valence electrons. The summed E-state index contributed by atoms with van der Waals surface area (Å²) in [5, 5.41) is 20.7. The van der Waals surface area contributed by atoms with Crippen molar-refractivity contribution in [1.82, 2.24) is 4.98 Å². The van der Waals surface area contributed by atoms with Crippen LogP contribution in [0.2, 0.25) is 0 Å². The van der Waals surface area contributed by atoms with Crippen molar-refractivity contribution in [3.63, 3.8) is 0 Å². The Hall–Kier alpha value is -1.33. The first-order valence-corrected chi connectivity index (χ1v) is 4.74. The average Bonchev–Trinajstić information content (AvgIpc) is 2.25. The number of aliphatic hydroxyl groups excluding tert-OH is 2. The lowest BCUT2D eigenvalue weighted by molar-refractivity contribution is 0.0521. The molecule has 5 heteroatoms. The number of nitrogens with one attached hydrogen (secondary N) is 1. The van der Waals surface area contributed by atoms with E-state index in [0.717, 1.165) is 11.4 Å². The average molecular weight is 212 g/mol. The van der Waals surface area contributed by atoms with Crippen LogP contribution in [0, 0.1) is 6.92 Å². The number of anilines is 1. The number of nitrogens with zero attached hydrogens (tertiary/aromatic N) is 1. The van der Waals surface area contributed by atoms with Crippen molar-refractivity contribution in [2.45, 2.75) is 13.0 Å². The lowest BCUT2D eigenvalue weighted by Crippen LogP contribution is -2.21. The topological polar surface area (TPSA) is 74.6 Å². The molecule has 1 atom stereocenters. The largest absolute Gasteiger partial charge is 0.475 e. The molecule has 1 aromatic heterocycles. The molecule has 0 aliphatic heterocycles. The Morgan fingerprint density at radius 3 is 2.87 bits per heavy atom. The molecule has 3 N–H and O–H groups in total. The van der Waals surface area contributed by atoms with Crippen molar-refractivity contribution in [3.05, 3.63) is 17.8 Å². The van der Waals surface area contributed by atoms with Gasteiger partial charge in [-0.2, -0.15) is 0 Å². The molecule has 0 bridgehead atoms. The van der Waals surface area contributed by atoms with Gasteiger partial charge >= 0.3 is 0 Å². The summed E-state index contributed by atoms with van der Waals surface area (Å²) in [5.74, 6) is 0.437. The van der Waals surface area contributed by atoms with Gasteiger partial charge in [-0.25, -0.2) is 4.98 Å². The van der Waals surface area contributed by atoms with Gasteiger partial charge in [0.1, 0.15) is 12.7 Å². The zero-order chi connectivity index (χ0) is 11.3. The quantitative estimate of drug-likeness (QED) is 0.648. The van der Waals surface area contributed by atoms with Crippen LogP contribution in [0.3, 0.4) is 0 Å². The van der Waals surface area contributed by atoms with E-state index >= 15 is 0 Å². The second kappa shape index (κ2) is 5.53. The predicted octanol–water partition coefficient (Wildman–Crippen LogP) is 0.164. The van der Waals surface area contributed by atoms with E-state index in [1.165, 1.54) is 0 Å². The highest BCUT2D eigenvalue weighted by atomic mass is 16.5. The summed E-state index contributed by atoms with van der Waals surface area (Å²) in [6, 6.07) is 3.62. The van der Waals surface area contributed by atoms with Gasteiger partial charge in [-0.3, -0.25) is 0 Å². The summed E-state index contributed by atoms with van der Waals surface area (Å²) >= 11 is 0. The summed E-state index contributed by atoms with van der Waals surface area (Å²) in [4.78, 5) is 4.13. The molecule has 0 saturated heterocycles. The van der Waals surface area contributed by atoms with Crippen LogP contribution in [0.15, 0.2) is 12.1 Å². The summed E-state index contributed by atoms with van der Waals surface area (Å²) in [7, 11) is 1.81. The van der Waals surface area contributed by atoms with Crippen molar-refractivity contribution in [2.24, 2.45) is 0 Å². The standard InChI is InChI=1S/C10H16N2O3/c1-7-3-8(11-2)4-10(12-7)15-6-9(14)5-13/h3-4,9,13-14H,5-6H2,1-2H3,(H,11,12). The highest BCUT2D eigenvalue weighted by Gasteiger charge is 2.05. The van der Waals surface area contributed by atoms with Crippen molar-refractivity contribution in [1.29, 1.82) is 0 Å². The number of hydrogen-bond acceptors (Lipinski definition) is 5. The fraction of sp³-hybridized carbons (Fsp3) is 0.500. The Morgan fingerprint density at radius 1 is 1.53 bits per heavy atom. The predicted molar refractivity (Wildman–Crippen MR) is 57.1 cm³/mol. The Labute approximate surface area is 88.7 Å². The van der Waals surface area contributed by atoms with E-state index in [1.807, 2.05) is 13.0 Å². The molecule has 1 rings (SSSR count). The minimum atomic E-state index is -0.870. The van der Waals surface area contributed by atoms with E-state index in [-0.39, 0.29) is 13.2 Å². The minimum absolute atomic E-state index is 0.0378. The molecule has 0 amide bonds. The number of aromatic nitrogens is 1. The molecule has 1 heterocycles. The normalized spacial score (nSPS) is 12.3. The Kier molecular flexibility index (Phi) is 4.33. The fourth-order valence-electron chi connectivity index (χ4n) is 1.09. The molecule has 0 aromatic carbocycles. The molecular formula is C10H16N2O3. The molecule has 1 unspecified atom stereocenters. The summed E-state index contributed by atoms with van der Waals surface area (Å²) in [6.07, 6.45) is -0.870. The zero-order valence-electron chi connectivity index (χ0n) is 8.90. The third kappa shape index (κ3) is 3.73. The van der Waals surface area contributed by atoms with Crippen LogP contribution in [0.4, 0.5) is 5.69 Å². The van der Waals surface area contributed by atoms with E-state index < -0.39 is 6.10 Å². The van der Waals surface area contributed by atoms with Gasteiger partial charge in [-0.15, -0.1) is 0 Å². The van der Waals surface area contributed by atoms with Gasteiger partial charge in [0.05, 0.1) is 6.61 Å². The first-order valence-electron chi connectivity index (χ1n) is 4.74. The summed E-state index contributed by atoms with van der Waals surface area (Å²) < 4.78 is 5.22. The molecule has 0 aliphatic rings. The third-order valence-corrected chi connectivity index (χ3v) is 1.85. The van der Waals surface area contributed by atoms with Crippen LogP contribution in [-0.4, -0.2) is 41.6 Å². The number of aliphatic hydroxyl groups is 2. The molecule has 5 nitrogen and oxygen atoms in total. The maximum atomic E-state index is 9.10. The molecule has 0 fully saturated rings. The van der Waals surface area contributed by atoms with Crippen LogP contribution >= 0.6 is 0 Å². The number of rotatable bonds is 5. The Morgan fingerprint density at radius 2 is 2.27 bits per heavy atom. The van der Waals surface area contributed by atoms with Crippen LogP contribution in [-0.2, 0) is 0 Å². The van der Waals surface area contributed by atoms with Crippen molar-refractivity contribution in [3.8, 4) is 5.88 Å². The van der Waals surface area contributed by atoms with Crippen molar-refractivity contribution < 1.29 is 14.9 Å². The molecule has 0 spiro atoms. The number of aryl methyl sites for hydroxylation is 1. The van der Waals surface area contributed by atoms with Gasteiger partial charge < -0.3 is 20.3 Å². The molecule has 0 radical (unpaired) electrons. The molecule has 1 aromatic rings. The van der Waals surface area contributed by atoms with E-state index in [1.54, 1.807) is 13.1 Å². The van der Waals surface area contributed by atoms with E-state index in [9.17, 15) is 0 Å². The fourth-order valence-corrected chi connectivity index (χ4v) is 1.09. The maximum Gasteiger partial charge on any atom is 0.215 e. The third-order valence-electron chi connectivity index (χ3n) is 1.85. The van der Waals surface area contributed by atoms with Crippen LogP contribution in [0.1, 0.15) is 5.69 Å². The minimum Gasteiger partial charge on any atom is -0.475 e. The summed E-state index contributed by atoms with van der Waals surface area (Å²) in [5.41, 5.74) is 1.73. The lowest BCUT2D eigenvalue weighted by atomic mass is 10.3. The first-order chi connectivity index (χ1) is 7.15. The van der Waals surface area contributed by atoms with Gasteiger partial charge in [-0.05, 0) is 13.0 Å². The van der Waals surface area contributed by atoms with E-state index in [4.69, 9.17) is 14.9 Å². The second-order valence-electron chi connectivity index (χ2n) is 3.23. The highest BCUT2D eigenvalue weighted by molar-refractivity contribution is 5.46. The van der Waals surface area contributed by atoms with Crippen molar-refractivity contribution >= 4 is 5.69 Å². The Bertz CT molecular complexity index is 318. The van der Waals surface area contributed by atoms with Gasteiger partial charge in [0.15, 0.2) is 0 Å². The van der Waals surface area contributed by atoms with E-state index in [2.05, 4.69) is 10.3 Å². The van der Waals surface area contributed by atoms with Crippen LogP contribution in [0.25, 0.3) is 0 Å². The molecular weight excluding hydrogens is 196 g/mol. The van der Waals surface area contributed by atoms with Crippen molar-refractivity contribution in [2.75, 3.05) is 25.6 Å². The lowest BCUT2D eigenvalue weighted by Gasteiger charge is -2.10. The SMILES string of the molecule is CNc1cc(C)nc(OCC(O)CO)c1. The van der Waals surface area contributed by atoms with Crippen LogP contribution in [0.5, 0.6) is 5.88 Å². The molecule has 0 aliphatic carbocycles. The zero-order valence-corrected chi connectivity index (χ0v) is 8.90. The van der Waals surface area contributed by atoms with Gasteiger partial charge in [0, 0.05) is 24.5 Å². The van der Waals surface area contributed by atoms with Gasteiger partial charge in [0.2, 0.25) is 5.88 Å². The monoisotopic (exact) mass is 212 g/mol.